The number of nitrogens with one attached hydrogen (secondary N) is 2. The number of nitrogens with zero attached hydrogens (tertiary/aromatic N) is 9. The standard InChI is InChI=1S/C32H31N5O5S.C30H26N6O4S/c1-18-23-16-33-32(35-30(23)37(22-5-3-4-6-22)31(40)27(18)19(2)38)34-21-9-7-20(8-10-21)24-17-43-29-25(39)15-26(42-28(24)29)36-11-13-41-14-12-36;31-15-19-13-20-16-32-30(34-28(20)36(29(19)38)22-3-1-2-4-22)33-21-7-5-18(6-8-21)23-17-41-27-24(37)14-25(40-26(23)27)35-9-11-39-12-10-35/h7-10,15-17,22H,3-6,11-14H2,1-2H3,(H,33,34,35);5-8,13-14,16-17,22H,1-4,9-12H2,(H,32,33,34). The Hall–Kier alpha value is -8.88. The van der Waals surface area contributed by atoms with Crippen LogP contribution in [-0.2, 0) is 9.47 Å². The number of ether oxygens (including phenoxy) is 2. The van der Waals surface area contributed by atoms with Crippen LogP contribution in [0.15, 0.2) is 118 Å². The Bertz CT molecular complexity index is 4480. The van der Waals surface area contributed by atoms with Gasteiger partial charge in [-0.05, 0) is 86.6 Å². The predicted molar refractivity (Wildman–Crippen MR) is 326 cm³/mol. The second-order valence-corrected chi connectivity index (χ2v) is 23.2. The van der Waals surface area contributed by atoms with Gasteiger partial charge in [0.15, 0.2) is 28.7 Å². The van der Waals surface area contributed by atoms with Crippen LogP contribution in [0.1, 0.15) is 91.9 Å². The van der Waals surface area contributed by atoms with Crippen LogP contribution in [0.2, 0.25) is 0 Å². The number of ketones is 1. The Labute approximate surface area is 487 Å². The Morgan fingerprint density at radius 3 is 1.57 bits per heavy atom. The van der Waals surface area contributed by atoms with Gasteiger partial charge in [-0.2, -0.15) is 15.2 Å². The summed E-state index contributed by atoms with van der Waals surface area (Å²) < 4.78 is 28.0. The highest BCUT2D eigenvalue weighted by Gasteiger charge is 2.28. The van der Waals surface area contributed by atoms with Crippen molar-refractivity contribution in [3.05, 3.63) is 148 Å². The average Bonchev–Trinajstić information content (AvgIpc) is 4.55. The number of anilines is 6. The molecule has 0 atom stereocenters. The van der Waals surface area contributed by atoms with Gasteiger partial charge >= 0.3 is 0 Å². The Balaban J connectivity index is 0.000000157. The van der Waals surface area contributed by atoms with E-state index in [4.69, 9.17) is 28.3 Å². The molecule has 8 aromatic heterocycles. The fourth-order valence-electron chi connectivity index (χ4n) is 11.9. The number of hydrogen-bond acceptors (Lipinski definition) is 20. The number of Topliss-reactive ketones (excluding diaryl/α,β-unsaturated/α-hetero) is 1. The molecule has 10 heterocycles. The highest BCUT2D eigenvalue weighted by Crippen LogP contribution is 2.39. The quantitative estimate of drug-likeness (QED) is 0.114. The maximum atomic E-state index is 13.5. The summed E-state index contributed by atoms with van der Waals surface area (Å²) in [5.74, 6) is 1.62. The second-order valence-electron chi connectivity index (χ2n) is 21.5. The number of thiophene rings is 2. The van der Waals surface area contributed by atoms with Crippen molar-refractivity contribution < 1.29 is 23.1 Å². The van der Waals surface area contributed by atoms with Gasteiger partial charge in [-0.3, -0.25) is 33.1 Å². The SMILES string of the molecule is CC(=O)c1c(C)c2cnc(Nc3ccc(-c4csc5c(=O)cc(N6CCOCC6)oc45)cc3)nc2n(C2CCCC2)c1=O.N#Cc1cc2cnc(Nc3ccc(-c4csc5c(=O)cc(N6CCOCC6)oc45)cc3)nc2n(C2CCCC2)c1=O. The number of pyridine rings is 2. The highest BCUT2D eigenvalue weighted by molar-refractivity contribution is 7.18. The molecule has 22 heteroatoms. The lowest BCUT2D eigenvalue weighted by molar-refractivity contribution is 0.101. The summed E-state index contributed by atoms with van der Waals surface area (Å²) in [6.07, 6.45) is 11.1. The molecule has 4 fully saturated rings. The molecule has 426 valence electrons. The van der Waals surface area contributed by atoms with Gasteiger partial charge in [-0.15, -0.1) is 22.7 Å². The largest absolute Gasteiger partial charge is 0.439 e. The third-order valence-electron chi connectivity index (χ3n) is 16.2. The molecule has 0 unspecified atom stereocenters. The van der Waals surface area contributed by atoms with Crippen molar-refractivity contribution in [2.24, 2.45) is 0 Å². The van der Waals surface area contributed by atoms with Crippen LogP contribution in [0.3, 0.4) is 0 Å². The van der Waals surface area contributed by atoms with Crippen molar-refractivity contribution in [3.8, 4) is 28.3 Å². The van der Waals surface area contributed by atoms with Crippen molar-refractivity contribution in [3.63, 3.8) is 0 Å². The van der Waals surface area contributed by atoms with Gasteiger partial charge in [0.1, 0.15) is 32.3 Å². The molecule has 2 saturated heterocycles. The van der Waals surface area contributed by atoms with Crippen LogP contribution in [0, 0.1) is 18.3 Å². The molecule has 2 aliphatic carbocycles. The third kappa shape index (κ3) is 10.4. The van der Waals surface area contributed by atoms with Gasteiger partial charge in [0, 0.05) is 107 Å². The molecule has 20 nitrogen and oxygen atoms in total. The molecule has 0 bridgehead atoms. The first-order valence-corrected chi connectivity index (χ1v) is 30.0. The second kappa shape index (κ2) is 23.0. The molecule has 4 aliphatic rings. The van der Waals surface area contributed by atoms with E-state index in [1.807, 2.05) is 75.2 Å². The molecule has 2 aromatic carbocycles. The number of carbonyl (C=O) groups excluding carboxylic acids is 1. The molecule has 2 aliphatic heterocycles. The van der Waals surface area contributed by atoms with Crippen LogP contribution in [0.4, 0.5) is 35.0 Å². The topological polar surface area (TPSA) is 246 Å². The minimum atomic E-state index is -0.299. The van der Waals surface area contributed by atoms with Crippen LogP contribution in [0.25, 0.3) is 64.9 Å². The van der Waals surface area contributed by atoms with E-state index in [1.54, 1.807) is 46.7 Å². The molecule has 14 rings (SSSR count). The van der Waals surface area contributed by atoms with E-state index in [9.17, 15) is 29.2 Å². The fourth-order valence-corrected chi connectivity index (χ4v) is 13.8. The Morgan fingerprint density at radius 2 is 1.10 bits per heavy atom. The fraction of sp³-hybridized carbons (Fsp3) is 0.323. The van der Waals surface area contributed by atoms with Crippen LogP contribution >= 0.6 is 22.7 Å². The minimum absolute atomic E-state index is 0.0139. The molecule has 0 radical (unpaired) electrons. The average molecular weight is 1160 g/mol. The smallest absolute Gasteiger partial charge is 0.270 e. The van der Waals surface area contributed by atoms with Gasteiger partial charge in [0.25, 0.3) is 11.1 Å². The summed E-state index contributed by atoms with van der Waals surface area (Å²) >= 11 is 2.76. The molecule has 0 amide bonds. The lowest BCUT2D eigenvalue weighted by Crippen LogP contribution is -2.36. The first kappa shape index (κ1) is 54.4. The molecule has 2 saturated carbocycles. The normalized spacial score (nSPS) is 15.9. The van der Waals surface area contributed by atoms with E-state index in [1.165, 1.54) is 29.6 Å². The van der Waals surface area contributed by atoms with Crippen molar-refractivity contribution in [1.82, 2.24) is 29.1 Å². The summed E-state index contributed by atoms with van der Waals surface area (Å²) in [7, 11) is 0. The number of aryl methyl sites for hydroxylation is 1. The number of carbonyl (C=O) groups is 1. The van der Waals surface area contributed by atoms with Gasteiger partial charge in [-0.25, -0.2) is 9.97 Å². The van der Waals surface area contributed by atoms with Crippen LogP contribution < -0.4 is 42.4 Å². The zero-order valence-corrected chi connectivity index (χ0v) is 47.8. The number of benzene rings is 2. The molecule has 2 N–H and O–H groups in total. The van der Waals surface area contributed by atoms with E-state index in [0.717, 1.165) is 85.0 Å². The first-order chi connectivity index (χ1) is 41.0. The van der Waals surface area contributed by atoms with Crippen molar-refractivity contribution in [2.45, 2.75) is 77.3 Å². The number of aromatic nitrogens is 6. The highest BCUT2D eigenvalue weighted by atomic mass is 32.1. The lowest BCUT2D eigenvalue weighted by Gasteiger charge is -2.27. The van der Waals surface area contributed by atoms with Gasteiger partial charge in [0.05, 0.1) is 32.0 Å². The van der Waals surface area contributed by atoms with Crippen molar-refractivity contribution in [1.29, 1.82) is 5.26 Å². The Kier molecular flexibility index (Phi) is 14.9. The summed E-state index contributed by atoms with van der Waals surface area (Å²) in [4.78, 5) is 87.2. The van der Waals surface area contributed by atoms with E-state index in [-0.39, 0.29) is 51.0 Å². The maximum Gasteiger partial charge on any atom is 0.270 e. The monoisotopic (exact) mass is 1160 g/mol. The molecule has 84 heavy (non-hydrogen) atoms. The number of nitriles is 1. The van der Waals surface area contributed by atoms with E-state index in [0.29, 0.717) is 124 Å². The van der Waals surface area contributed by atoms with Crippen LogP contribution in [-0.4, -0.2) is 87.5 Å². The summed E-state index contributed by atoms with van der Waals surface area (Å²) in [5, 5.41) is 21.3. The number of rotatable bonds is 11. The molecular formula is C62H57N11O9S2. The number of morpholine rings is 2. The van der Waals surface area contributed by atoms with Gasteiger partial charge < -0.3 is 38.7 Å². The zero-order valence-electron chi connectivity index (χ0n) is 46.1. The van der Waals surface area contributed by atoms with Crippen LogP contribution in [0.5, 0.6) is 0 Å². The van der Waals surface area contributed by atoms with Crippen molar-refractivity contribution in [2.75, 3.05) is 73.0 Å². The van der Waals surface area contributed by atoms with Gasteiger partial charge in [0.2, 0.25) is 22.8 Å². The zero-order chi connectivity index (χ0) is 57.6. The summed E-state index contributed by atoms with van der Waals surface area (Å²) in [5.41, 5.74) is 7.62. The third-order valence-corrected chi connectivity index (χ3v) is 18.2. The number of hydrogen-bond donors (Lipinski definition) is 2. The van der Waals surface area contributed by atoms with Gasteiger partial charge in [-0.1, -0.05) is 49.9 Å². The summed E-state index contributed by atoms with van der Waals surface area (Å²) in [6, 6.07) is 22.3. The Morgan fingerprint density at radius 1 is 0.631 bits per heavy atom. The molecule has 10 aromatic rings. The maximum absolute atomic E-state index is 13.5. The number of fused-ring (bicyclic) bond motifs is 4. The van der Waals surface area contributed by atoms with E-state index < -0.39 is 0 Å². The minimum Gasteiger partial charge on any atom is -0.439 e. The van der Waals surface area contributed by atoms with E-state index in [2.05, 4.69) is 20.6 Å². The van der Waals surface area contributed by atoms with E-state index >= 15 is 0 Å². The molecular weight excluding hydrogens is 1110 g/mol. The summed E-state index contributed by atoms with van der Waals surface area (Å²) in [6.45, 7) is 8.36. The lowest BCUT2D eigenvalue weighted by atomic mass is 10.0. The van der Waals surface area contributed by atoms with Crippen molar-refractivity contribution >= 4 is 106 Å². The molecule has 0 spiro atoms. The predicted octanol–water partition coefficient (Wildman–Crippen LogP) is 11.0. The first-order valence-electron chi connectivity index (χ1n) is 28.2.